The number of rotatable bonds is 3. The molecular weight excluding hydrogens is 323 g/mol. The molecule has 0 atom stereocenters. The van der Waals surface area contributed by atoms with Crippen LogP contribution < -0.4 is 5.32 Å². The standard InChI is InChI=1S/C15H10Cl2N4O/c16-11-3-1-10(2-4-11)14(22)19-15-18-9-21(20-15)13-7-5-12(17)6-8-13/h1-9H,(H,19,20,22). The number of carbonyl (C=O) groups is 1. The smallest absolute Gasteiger partial charge is 0.258 e. The minimum Gasteiger partial charge on any atom is -0.289 e. The fraction of sp³-hybridized carbons (Fsp3) is 0. The summed E-state index contributed by atoms with van der Waals surface area (Å²) in [5.41, 5.74) is 1.27. The Kier molecular flexibility index (Phi) is 4.09. The lowest BCUT2D eigenvalue weighted by molar-refractivity contribution is 0.102. The van der Waals surface area contributed by atoms with E-state index in [0.29, 0.717) is 15.6 Å². The van der Waals surface area contributed by atoms with Gasteiger partial charge in [0.15, 0.2) is 0 Å². The maximum absolute atomic E-state index is 12.1. The molecule has 0 saturated carbocycles. The molecule has 110 valence electrons. The first-order valence-corrected chi connectivity index (χ1v) is 7.12. The first-order valence-electron chi connectivity index (χ1n) is 6.36. The molecule has 0 spiro atoms. The van der Waals surface area contributed by atoms with Crippen LogP contribution in [0.5, 0.6) is 0 Å². The second-order valence-corrected chi connectivity index (χ2v) is 5.32. The van der Waals surface area contributed by atoms with Crippen LogP contribution in [-0.4, -0.2) is 20.7 Å². The van der Waals surface area contributed by atoms with Crippen LogP contribution in [0.2, 0.25) is 10.0 Å². The SMILES string of the molecule is O=C(Nc1ncn(-c2ccc(Cl)cc2)n1)c1ccc(Cl)cc1. The summed E-state index contributed by atoms with van der Waals surface area (Å²) >= 11 is 11.6. The van der Waals surface area contributed by atoms with Gasteiger partial charge in [-0.05, 0) is 48.5 Å². The van der Waals surface area contributed by atoms with Crippen molar-refractivity contribution in [2.75, 3.05) is 5.32 Å². The van der Waals surface area contributed by atoms with Crippen LogP contribution in [0.25, 0.3) is 5.69 Å². The van der Waals surface area contributed by atoms with Crippen molar-refractivity contribution in [3.63, 3.8) is 0 Å². The Morgan fingerprint density at radius 3 is 2.18 bits per heavy atom. The number of carbonyl (C=O) groups excluding carboxylic acids is 1. The molecule has 0 saturated heterocycles. The van der Waals surface area contributed by atoms with Gasteiger partial charge >= 0.3 is 0 Å². The van der Waals surface area contributed by atoms with Crippen LogP contribution in [0.4, 0.5) is 5.95 Å². The van der Waals surface area contributed by atoms with Crippen LogP contribution in [-0.2, 0) is 0 Å². The van der Waals surface area contributed by atoms with E-state index in [0.717, 1.165) is 5.69 Å². The molecule has 2 aromatic carbocycles. The molecule has 3 aromatic rings. The number of nitrogens with one attached hydrogen (secondary N) is 1. The average Bonchev–Trinajstić information content (AvgIpc) is 2.97. The van der Waals surface area contributed by atoms with Gasteiger partial charge in [-0.3, -0.25) is 10.1 Å². The van der Waals surface area contributed by atoms with Gasteiger partial charge in [0, 0.05) is 15.6 Å². The molecule has 0 aliphatic carbocycles. The third kappa shape index (κ3) is 3.27. The molecule has 0 radical (unpaired) electrons. The number of benzene rings is 2. The van der Waals surface area contributed by atoms with Crippen LogP contribution >= 0.6 is 23.2 Å². The summed E-state index contributed by atoms with van der Waals surface area (Å²) in [6, 6.07) is 13.7. The van der Waals surface area contributed by atoms with Crippen molar-refractivity contribution < 1.29 is 4.79 Å². The average molecular weight is 333 g/mol. The van der Waals surface area contributed by atoms with Crippen molar-refractivity contribution in [2.24, 2.45) is 0 Å². The zero-order valence-electron chi connectivity index (χ0n) is 11.2. The van der Waals surface area contributed by atoms with Gasteiger partial charge in [-0.15, -0.1) is 5.10 Å². The molecule has 0 aliphatic rings. The first-order chi connectivity index (χ1) is 10.6. The summed E-state index contributed by atoms with van der Waals surface area (Å²) in [6.07, 6.45) is 1.51. The van der Waals surface area contributed by atoms with Crippen LogP contribution in [0.15, 0.2) is 54.9 Å². The van der Waals surface area contributed by atoms with Crippen molar-refractivity contribution in [3.8, 4) is 5.69 Å². The molecule has 0 bridgehead atoms. The maximum Gasteiger partial charge on any atom is 0.258 e. The molecule has 1 heterocycles. The van der Waals surface area contributed by atoms with Crippen molar-refractivity contribution in [1.29, 1.82) is 0 Å². The zero-order valence-corrected chi connectivity index (χ0v) is 12.7. The van der Waals surface area contributed by atoms with Gasteiger partial charge in [0.2, 0.25) is 5.95 Å². The third-order valence-corrected chi connectivity index (χ3v) is 3.42. The van der Waals surface area contributed by atoms with E-state index in [9.17, 15) is 4.79 Å². The Bertz CT molecular complexity index is 797. The normalized spacial score (nSPS) is 10.5. The highest BCUT2D eigenvalue weighted by molar-refractivity contribution is 6.30. The third-order valence-electron chi connectivity index (χ3n) is 2.91. The molecule has 22 heavy (non-hydrogen) atoms. The molecule has 1 amide bonds. The lowest BCUT2D eigenvalue weighted by atomic mass is 10.2. The van der Waals surface area contributed by atoms with E-state index in [1.807, 2.05) is 12.1 Å². The van der Waals surface area contributed by atoms with Crippen molar-refractivity contribution in [3.05, 3.63) is 70.5 Å². The van der Waals surface area contributed by atoms with Gasteiger partial charge in [-0.1, -0.05) is 23.2 Å². The Morgan fingerprint density at radius 1 is 0.955 bits per heavy atom. The number of anilines is 1. The highest BCUT2D eigenvalue weighted by atomic mass is 35.5. The lowest BCUT2D eigenvalue weighted by Crippen LogP contribution is -2.13. The van der Waals surface area contributed by atoms with Gasteiger partial charge in [0.1, 0.15) is 6.33 Å². The minimum atomic E-state index is -0.300. The highest BCUT2D eigenvalue weighted by Gasteiger charge is 2.09. The van der Waals surface area contributed by atoms with Crippen molar-refractivity contribution in [1.82, 2.24) is 14.8 Å². The molecule has 1 aromatic heterocycles. The monoisotopic (exact) mass is 332 g/mol. The van der Waals surface area contributed by atoms with Gasteiger partial charge in [-0.2, -0.15) is 4.98 Å². The van der Waals surface area contributed by atoms with E-state index >= 15 is 0 Å². The van der Waals surface area contributed by atoms with E-state index in [4.69, 9.17) is 23.2 Å². The number of amides is 1. The molecule has 5 nitrogen and oxygen atoms in total. The number of halogens is 2. The zero-order chi connectivity index (χ0) is 15.5. The summed E-state index contributed by atoms with van der Waals surface area (Å²) in [4.78, 5) is 16.1. The number of nitrogens with zero attached hydrogens (tertiary/aromatic N) is 3. The summed E-state index contributed by atoms with van der Waals surface area (Å²) in [7, 11) is 0. The van der Waals surface area contributed by atoms with E-state index in [1.54, 1.807) is 41.1 Å². The van der Waals surface area contributed by atoms with E-state index in [-0.39, 0.29) is 11.9 Å². The molecule has 1 N–H and O–H groups in total. The quantitative estimate of drug-likeness (QED) is 0.792. The molecule has 7 heteroatoms. The largest absolute Gasteiger partial charge is 0.289 e. The minimum absolute atomic E-state index is 0.217. The maximum atomic E-state index is 12.1. The van der Waals surface area contributed by atoms with Crippen molar-refractivity contribution >= 4 is 35.1 Å². The van der Waals surface area contributed by atoms with Crippen molar-refractivity contribution in [2.45, 2.75) is 0 Å². The molecule has 3 rings (SSSR count). The Morgan fingerprint density at radius 2 is 1.55 bits per heavy atom. The predicted molar refractivity (Wildman–Crippen MR) is 85.8 cm³/mol. The van der Waals surface area contributed by atoms with E-state index in [2.05, 4.69) is 15.4 Å². The summed E-state index contributed by atoms with van der Waals surface area (Å²) in [5.74, 6) is -0.0829. The fourth-order valence-corrected chi connectivity index (χ4v) is 2.07. The highest BCUT2D eigenvalue weighted by Crippen LogP contribution is 2.14. The second kappa shape index (κ2) is 6.17. The van der Waals surface area contributed by atoms with Gasteiger partial charge in [-0.25, -0.2) is 4.68 Å². The van der Waals surface area contributed by atoms with Gasteiger partial charge in [0.25, 0.3) is 5.91 Å². The number of hydrogen-bond donors (Lipinski definition) is 1. The molecule has 0 unspecified atom stereocenters. The topological polar surface area (TPSA) is 59.8 Å². The molecule has 0 fully saturated rings. The summed E-state index contributed by atoms with van der Waals surface area (Å²) in [6.45, 7) is 0. The van der Waals surface area contributed by atoms with E-state index in [1.165, 1.54) is 6.33 Å². The lowest BCUT2D eigenvalue weighted by Gasteiger charge is -2.01. The Labute approximate surface area is 136 Å². The summed E-state index contributed by atoms with van der Waals surface area (Å²) in [5, 5.41) is 8.04. The fourth-order valence-electron chi connectivity index (χ4n) is 1.81. The predicted octanol–water partition coefficient (Wildman–Crippen LogP) is 3.83. The van der Waals surface area contributed by atoms with Crippen LogP contribution in [0.3, 0.4) is 0 Å². The van der Waals surface area contributed by atoms with Crippen LogP contribution in [0.1, 0.15) is 10.4 Å². The van der Waals surface area contributed by atoms with Crippen LogP contribution in [0, 0.1) is 0 Å². The number of aromatic nitrogens is 3. The second-order valence-electron chi connectivity index (χ2n) is 4.45. The Balaban J connectivity index is 1.75. The Hall–Kier alpha value is -2.37. The van der Waals surface area contributed by atoms with Gasteiger partial charge in [0.05, 0.1) is 5.69 Å². The number of hydrogen-bond acceptors (Lipinski definition) is 3. The molecule has 0 aliphatic heterocycles. The first kappa shape index (κ1) is 14.6. The molecular formula is C15H10Cl2N4O. The van der Waals surface area contributed by atoms with E-state index < -0.39 is 0 Å². The van der Waals surface area contributed by atoms with Gasteiger partial charge < -0.3 is 0 Å². The summed E-state index contributed by atoms with van der Waals surface area (Å²) < 4.78 is 1.55.